The largest absolute Gasteiger partial charge is 0.281 e. The lowest BCUT2D eigenvalue weighted by Gasteiger charge is -2.30. The molecule has 0 bridgehead atoms. The van der Waals surface area contributed by atoms with Crippen LogP contribution in [0.1, 0.15) is 79.1 Å². The molecule has 4 heteroatoms. The van der Waals surface area contributed by atoms with Crippen LogP contribution in [0.5, 0.6) is 0 Å². The zero-order chi connectivity index (χ0) is 17.1. The van der Waals surface area contributed by atoms with Crippen LogP contribution in [-0.4, -0.2) is 10.5 Å². The fourth-order valence-corrected chi connectivity index (χ4v) is 3.75. The van der Waals surface area contributed by atoms with Gasteiger partial charge < -0.3 is 0 Å². The quantitative estimate of drug-likeness (QED) is 0.293. The first kappa shape index (κ1) is 21.9. The molecule has 0 saturated heterocycles. The van der Waals surface area contributed by atoms with Crippen molar-refractivity contribution >= 4 is 33.7 Å². The molecule has 130 valence electrons. The molecule has 0 amide bonds. The molecule has 0 radical (unpaired) electrons. The van der Waals surface area contributed by atoms with Crippen LogP contribution in [0, 0.1) is 23.7 Å². The van der Waals surface area contributed by atoms with Crippen LogP contribution in [0.3, 0.4) is 0 Å². The summed E-state index contributed by atoms with van der Waals surface area (Å²) in [5.41, 5.74) is 0. The lowest BCUT2D eigenvalue weighted by molar-refractivity contribution is -0.119. The van der Waals surface area contributed by atoms with E-state index in [1.54, 1.807) is 0 Å². The van der Waals surface area contributed by atoms with Gasteiger partial charge in [-0.3, -0.25) is 9.59 Å². The molecule has 0 heterocycles. The van der Waals surface area contributed by atoms with Crippen molar-refractivity contribution in [3.8, 4) is 0 Å². The average Bonchev–Trinajstić information content (AvgIpc) is 2.38. The Morgan fingerprint density at radius 3 is 1.68 bits per heavy atom. The maximum Gasteiger partial charge on any atom is 0.225 e. The molecule has 0 aromatic rings. The van der Waals surface area contributed by atoms with E-state index >= 15 is 0 Å². The number of unbranched alkanes of at least 4 members (excludes halogenated alkanes) is 5. The van der Waals surface area contributed by atoms with Crippen LogP contribution in [0.15, 0.2) is 0 Å². The molecule has 0 fully saturated rings. The van der Waals surface area contributed by atoms with Gasteiger partial charge in [-0.15, -0.1) is 0 Å². The summed E-state index contributed by atoms with van der Waals surface area (Å²) in [6.07, 6.45) is 8.18. The van der Waals surface area contributed by atoms with E-state index in [0.29, 0.717) is 24.2 Å². The molecule has 2 nitrogen and oxygen atoms in total. The van der Waals surface area contributed by atoms with Gasteiger partial charge in [0.25, 0.3) is 0 Å². The third kappa shape index (κ3) is 9.84. The first-order chi connectivity index (χ1) is 10.3. The minimum absolute atomic E-state index is 0.0311. The van der Waals surface area contributed by atoms with Crippen LogP contribution >= 0.6 is 23.2 Å². The van der Waals surface area contributed by atoms with E-state index in [9.17, 15) is 9.59 Å². The maximum atomic E-state index is 11.7. The lowest BCUT2D eigenvalue weighted by Crippen LogP contribution is -2.29. The average molecular weight is 351 g/mol. The van der Waals surface area contributed by atoms with Gasteiger partial charge in [-0.05, 0) is 53.8 Å². The van der Waals surface area contributed by atoms with Gasteiger partial charge >= 0.3 is 0 Å². The summed E-state index contributed by atoms with van der Waals surface area (Å²) in [7, 11) is 0. The van der Waals surface area contributed by atoms with Gasteiger partial charge in [-0.2, -0.15) is 0 Å². The first-order valence-corrected chi connectivity index (χ1v) is 9.40. The first-order valence-electron chi connectivity index (χ1n) is 8.65. The summed E-state index contributed by atoms with van der Waals surface area (Å²) >= 11 is 11.1. The fraction of sp³-hybridized carbons (Fsp3) is 0.889. The number of halogens is 2. The molecule has 0 N–H and O–H groups in total. The monoisotopic (exact) mass is 350 g/mol. The highest BCUT2D eigenvalue weighted by molar-refractivity contribution is 6.64. The van der Waals surface area contributed by atoms with Gasteiger partial charge in [-0.1, -0.05) is 59.8 Å². The minimum Gasteiger partial charge on any atom is -0.281 e. The predicted octanol–water partition coefficient (Wildman–Crippen LogP) is 6.18. The second kappa shape index (κ2) is 12.4. The van der Waals surface area contributed by atoms with E-state index < -0.39 is 0 Å². The Balaban J connectivity index is 4.01. The fourth-order valence-electron chi connectivity index (χ4n) is 3.20. The van der Waals surface area contributed by atoms with Crippen LogP contribution in [0.25, 0.3) is 0 Å². The minimum atomic E-state index is -0.231. The molecule has 0 rings (SSSR count). The Hall–Kier alpha value is -0.0800. The van der Waals surface area contributed by atoms with E-state index in [1.165, 1.54) is 12.8 Å². The van der Waals surface area contributed by atoms with Gasteiger partial charge in [0.05, 0.1) is 0 Å². The third-order valence-electron chi connectivity index (χ3n) is 4.46. The standard InChI is InChI=1S/C18H32Cl2O2/c1-13(2)15(17(14(3)4)18(20)22)11-9-7-5-6-8-10-12-16(19)21/h13-15,17H,5-12H2,1-4H3. The molecule has 2 unspecified atom stereocenters. The van der Waals surface area contributed by atoms with Crippen LogP contribution in [0.2, 0.25) is 0 Å². The van der Waals surface area contributed by atoms with Gasteiger partial charge in [0, 0.05) is 12.3 Å². The van der Waals surface area contributed by atoms with Crippen LogP contribution < -0.4 is 0 Å². The molecular formula is C18H32Cl2O2. The van der Waals surface area contributed by atoms with Crippen molar-refractivity contribution in [1.82, 2.24) is 0 Å². The molecule has 0 aliphatic rings. The van der Waals surface area contributed by atoms with Crippen molar-refractivity contribution in [2.45, 2.75) is 79.1 Å². The zero-order valence-electron chi connectivity index (χ0n) is 14.5. The molecule has 2 atom stereocenters. The second-order valence-electron chi connectivity index (χ2n) is 7.00. The summed E-state index contributed by atoms with van der Waals surface area (Å²) in [6.45, 7) is 8.53. The number of hydrogen-bond donors (Lipinski definition) is 0. The smallest absolute Gasteiger partial charge is 0.225 e. The number of hydrogen-bond acceptors (Lipinski definition) is 2. The van der Waals surface area contributed by atoms with Crippen molar-refractivity contribution in [3.63, 3.8) is 0 Å². The summed E-state index contributed by atoms with van der Waals surface area (Å²) in [4.78, 5) is 22.3. The summed E-state index contributed by atoms with van der Waals surface area (Å²) in [5.74, 6) is 1.12. The van der Waals surface area contributed by atoms with Crippen molar-refractivity contribution < 1.29 is 9.59 Å². The Morgan fingerprint density at radius 1 is 0.773 bits per heavy atom. The van der Waals surface area contributed by atoms with E-state index in [2.05, 4.69) is 27.7 Å². The number of rotatable bonds is 13. The van der Waals surface area contributed by atoms with E-state index in [1.807, 2.05) is 0 Å². The SMILES string of the molecule is CC(C)C(CCCCCCCCC(=O)Cl)C(C(=O)Cl)C(C)C. The van der Waals surface area contributed by atoms with E-state index in [-0.39, 0.29) is 16.4 Å². The van der Waals surface area contributed by atoms with Crippen molar-refractivity contribution in [3.05, 3.63) is 0 Å². The normalized spacial score (nSPS) is 14.4. The highest BCUT2D eigenvalue weighted by atomic mass is 35.5. The van der Waals surface area contributed by atoms with Gasteiger partial charge in [0.15, 0.2) is 0 Å². The van der Waals surface area contributed by atoms with Gasteiger partial charge in [0.1, 0.15) is 0 Å². The summed E-state index contributed by atoms with van der Waals surface area (Å²) in [6, 6.07) is 0. The molecule has 0 saturated carbocycles. The molecule has 22 heavy (non-hydrogen) atoms. The molecule has 0 aliphatic carbocycles. The highest BCUT2D eigenvalue weighted by Crippen LogP contribution is 2.33. The van der Waals surface area contributed by atoms with Crippen molar-refractivity contribution in [2.24, 2.45) is 23.7 Å². The Labute approximate surface area is 146 Å². The van der Waals surface area contributed by atoms with Crippen molar-refractivity contribution in [2.75, 3.05) is 0 Å². The molecular weight excluding hydrogens is 319 g/mol. The van der Waals surface area contributed by atoms with Crippen molar-refractivity contribution in [1.29, 1.82) is 0 Å². The zero-order valence-corrected chi connectivity index (χ0v) is 16.1. The number of carbonyl (C=O) groups is 2. The number of carbonyl (C=O) groups excluding carboxylic acids is 2. The Bertz CT molecular complexity index is 327. The Kier molecular flexibility index (Phi) is 12.3. The molecule has 0 aromatic heterocycles. The highest BCUT2D eigenvalue weighted by Gasteiger charge is 2.31. The molecule has 0 spiro atoms. The summed E-state index contributed by atoms with van der Waals surface area (Å²) < 4.78 is 0. The summed E-state index contributed by atoms with van der Waals surface area (Å²) in [5, 5.41) is -0.412. The van der Waals surface area contributed by atoms with Gasteiger partial charge in [0.2, 0.25) is 10.5 Å². The predicted molar refractivity (Wildman–Crippen MR) is 95.3 cm³/mol. The lowest BCUT2D eigenvalue weighted by atomic mass is 9.75. The van der Waals surface area contributed by atoms with E-state index in [0.717, 1.165) is 32.1 Å². The van der Waals surface area contributed by atoms with Crippen LogP contribution in [0.4, 0.5) is 0 Å². The maximum absolute atomic E-state index is 11.7. The van der Waals surface area contributed by atoms with E-state index in [4.69, 9.17) is 23.2 Å². The second-order valence-corrected chi connectivity index (χ2v) is 7.79. The molecule has 0 aromatic carbocycles. The Morgan fingerprint density at radius 2 is 1.27 bits per heavy atom. The third-order valence-corrected chi connectivity index (χ3v) is 4.90. The van der Waals surface area contributed by atoms with Gasteiger partial charge in [-0.25, -0.2) is 0 Å². The molecule has 0 aliphatic heterocycles. The topological polar surface area (TPSA) is 34.1 Å². The van der Waals surface area contributed by atoms with Crippen LogP contribution in [-0.2, 0) is 9.59 Å².